The summed E-state index contributed by atoms with van der Waals surface area (Å²) >= 11 is 2.36. The van der Waals surface area contributed by atoms with E-state index in [9.17, 15) is 0 Å². The highest BCUT2D eigenvalue weighted by Gasteiger charge is 2.29. The molecule has 1 heteroatoms. The van der Waals surface area contributed by atoms with Gasteiger partial charge in [-0.15, -0.1) is 0 Å². The summed E-state index contributed by atoms with van der Waals surface area (Å²) in [5.74, 6) is 0.694. The van der Waals surface area contributed by atoms with Gasteiger partial charge in [0.2, 0.25) is 0 Å². The summed E-state index contributed by atoms with van der Waals surface area (Å²) in [6, 6.07) is 0. The van der Waals surface area contributed by atoms with E-state index in [0.717, 1.165) is 0 Å². The minimum atomic E-state index is 0.433. The first kappa shape index (κ1) is 14.3. The fraction of sp³-hybridized carbons (Fsp3) is 0.733. The van der Waals surface area contributed by atoms with Gasteiger partial charge in [-0.3, -0.25) is 0 Å². The van der Waals surface area contributed by atoms with E-state index in [1.807, 2.05) is 0 Å². The second kappa shape index (κ2) is 5.70. The van der Waals surface area contributed by atoms with E-state index >= 15 is 0 Å². The van der Waals surface area contributed by atoms with Crippen LogP contribution in [0.15, 0.2) is 20.8 Å². The minimum absolute atomic E-state index is 0.433. The zero-order chi connectivity index (χ0) is 12.3. The van der Waals surface area contributed by atoms with Crippen LogP contribution in [0, 0.1) is 11.3 Å². The van der Waals surface area contributed by atoms with E-state index in [0.29, 0.717) is 11.3 Å². The Morgan fingerprint density at radius 2 is 2.12 bits per heavy atom. The molecule has 0 amide bonds. The van der Waals surface area contributed by atoms with Crippen LogP contribution in [0.3, 0.4) is 0 Å². The van der Waals surface area contributed by atoms with Crippen LogP contribution in [0.5, 0.6) is 0 Å². The van der Waals surface area contributed by atoms with Crippen LogP contribution in [-0.4, -0.2) is 0 Å². The lowest BCUT2D eigenvalue weighted by molar-refractivity contribution is 0.344. The number of hydrogen-bond donors (Lipinski definition) is 0. The van der Waals surface area contributed by atoms with Gasteiger partial charge in [0.25, 0.3) is 0 Å². The highest BCUT2D eigenvalue weighted by atomic mass is 127. The molecule has 0 aromatic carbocycles. The van der Waals surface area contributed by atoms with Gasteiger partial charge in [-0.1, -0.05) is 60.1 Å². The molecule has 0 aromatic rings. The summed E-state index contributed by atoms with van der Waals surface area (Å²) in [6.45, 7) is 11.8. The van der Waals surface area contributed by atoms with E-state index in [1.54, 1.807) is 11.1 Å². The second-order valence-corrected chi connectivity index (χ2v) is 6.58. The van der Waals surface area contributed by atoms with Gasteiger partial charge in [0.05, 0.1) is 0 Å². The average Bonchev–Trinajstić information content (AvgIpc) is 2.21. The fourth-order valence-corrected chi connectivity index (χ4v) is 3.31. The summed E-state index contributed by atoms with van der Waals surface area (Å²) in [5, 5.41) is 0. The summed E-state index contributed by atoms with van der Waals surface area (Å²) in [7, 11) is 0. The number of rotatable bonds is 3. The van der Waals surface area contributed by atoms with Crippen molar-refractivity contribution in [2.24, 2.45) is 11.3 Å². The summed E-state index contributed by atoms with van der Waals surface area (Å²) in [6.07, 6.45) is 5.31. The van der Waals surface area contributed by atoms with E-state index in [2.05, 4.69) is 61.3 Å². The van der Waals surface area contributed by atoms with Gasteiger partial charge in [0.1, 0.15) is 0 Å². The normalized spacial score (nSPS) is 23.5. The van der Waals surface area contributed by atoms with Crippen molar-refractivity contribution in [3.8, 4) is 0 Å². The zero-order valence-corrected chi connectivity index (χ0v) is 13.5. The van der Waals surface area contributed by atoms with Crippen LogP contribution < -0.4 is 0 Å². The Kier molecular flexibility index (Phi) is 5.09. The maximum Gasteiger partial charge on any atom is -0.0142 e. The van der Waals surface area contributed by atoms with Crippen molar-refractivity contribution in [1.82, 2.24) is 0 Å². The second-order valence-electron chi connectivity index (χ2n) is 5.95. The van der Waals surface area contributed by atoms with Crippen LogP contribution in [0.4, 0.5) is 0 Å². The van der Waals surface area contributed by atoms with Crippen LogP contribution in [0.1, 0.15) is 60.3 Å². The standard InChI is InChI=1S/C15H25I/c1-11-7-6-8-15(4,5)14(11)9-12(2)13(3)10-16/h10,12H,6-9H2,1-5H3/b13-10+. The number of allylic oxidation sites excluding steroid dienone is 3. The SMILES string of the molecule is CC1=C(CC(C)/C(C)=C/I)C(C)(C)CCC1. The first-order valence-electron chi connectivity index (χ1n) is 6.34. The molecule has 0 aromatic heterocycles. The molecule has 1 atom stereocenters. The highest BCUT2D eigenvalue weighted by molar-refractivity contribution is 14.1. The number of halogens is 1. The maximum atomic E-state index is 2.42. The molecule has 1 aliphatic carbocycles. The predicted molar refractivity (Wildman–Crippen MR) is 81.9 cm³/mol. The zero-order valence-electron chi connectivity index (χ0n) is 11.4. The van der Waals surface area contributed by atoms with Crippen molar-refractivity contribution in [3.05, 3.63) is 20.8 Å². The molecule has 92 valence electrons. The van der Waals surface area contributed by atoms with Gasteiger partial charge in [0.15, 0.2) is 0 Å². The lowest BCUT2D eigenvalue weighted by Crippen LogP contribution is -2.22. The molecule has 1 rings (SSSR count). The first-order chi connectivity index (χ1) is 7.38. The minimum Gasteiger partial charge on any atom is -0.0736 e. The van der Waals surface area contributed by atoms with Crippen molar-refractivity contribution in [2.75, 3.05) is 0 Å². The van der Waals surface area contributed by atoms with E-state index in [-0.39, 0.29) is 0 Å². The van der Waals surface area contributed by atoms with Crippen molar-refractivity contribution in [1.29, 1.82) is 0 Å². The summed E-state index contributed by atoms with van der Waals surface area (Å²) < 4.78 is 2.23. The van der Waals surface area contributed by atoms with E-state index in [1.165, 1.54) is 31.3 Å². The predicted octanol–water partition coefficient (Wildman–Crippen LogP) is 5.88. The number of hydrogen-bond acceptors (Lipinski definition) is 0. The molecule has 0 bridgehead atoms. The Morgan fingerprint density at radius 3 is 2.62 bits per heavy atom. The molecule has 0 nitrogen and oxygen atoms in total. The monoisotopic (exact) mass is 332 g/mol. The third-order valence-corrected chi connectivity index (χ3v) is 5.13. The molecular weight excluding hydrogens is 307 g/mol. The third-order valence-electron chi connectivity index (χ3n) is 4.15. The largest absolute Gasteiger partial charge is 0.0736 e. The lowest BCUT2D eigenvalue weighted by Gasteiger charge is -2.36. The molecule has 0 N–H and O–H groups in total. The molecule has 0 saturated carbocycles. The van der Waals surface area contributed by atoms with Crippen LogP contribution in [-0.2, 0) is 0 Å². The Labute approximate surface area is 115 Å². The Bertz CT molecular complexity index is 307. The topological polar surface area (TPSA) is 0 Å². The lowest BCUT2D eigenvalue weighted by atomic mass is 9.69. The van der Waals surface area contributed by atoms with Crippen molar-refractivity contribution in [2.45, 2.75) is 60.3 Å². The van der Waals surface area contributed by atoms with E-state index < -0.39 is 0 Å². The van der Waals surface area contributed by atoms with Gasteiger partial charge in [-0.05, 0) is 54.9 Å². The fourth-order valence-electron chi connectivity index (χ4n) is 2.70. The van der Waals surface area contributed by atoms with Crippen molar-refractivity contribution < 1.29 is 0 Å². The molecule has 0 aliphatic heterocycles. The molecule has 0 heterocycles. The van der Waals surface area contributed by atoms with Crippen LogP contribution in [0.25, 0.3) is 0 Å². The molecule has 16 heavy (non-hydrogen) atoms. The Balaban J connectivity index is 2.85. The first-order valence-corrected chi connectivity index (χ1v) is 7.59. The molecule has 0 saturated heterocycles. The Morgan fingerprint density at radius 1 is 1.50 bits per heavy atom. The highest BCUT2D eigenvalue weighted by Crippen LogP contribution is 2.43. The van der Waals surface area contributed by atoms with Crippen molar-refractivity contribution >= 4 is 22.6 Å². The summed E-state index contributed by atoms with van der Waals surface area (Å²) in [5.41, 5.74) is 5.33. The van der Waals surface area contributed by atoms with Gasteiger partial charge in [-0.2, -0.15) is 0 Å². The molecular formula is C15H25I. The van der Waals surface area contributed by atoms with Crippen LogP contribution >= 0.6 is 22.6 Å². The molecule has 0 radical (unpaired) electrons. The third kappa shape index (κ3) is 3.35. The Hall–Kier alpha value is 0.210. The molecule has 0 fully saturated rings. The van der Waals surface area contributed by atoms with Gasteiger partial charge < -0.3 is 0 Å². The molecule has 0 spiro atoms. The quantitative estimate of drug-likeness (QED) is 0.447. The van der Waals surface area contributed by atoms with Gasteiger partial charge in [0, 0.05) is 0 Å². The molecule has 1 aliphatic rings. The van der Waals surface area contributed by atoms with E-state index in [4.69, 9.17) is 0 Å². The van der Waals surface area contributed by atoms with Crippen LogP contribution in [0.2, 0.25) is 0 Å². The maximum absolute atomic E-state index is 2.42. The smallest absolute Gasteiger partial charge is 0.0142 e. The van der Waals surface area contributed by atoms with Gasteiger partial charge >= 0.3 is 0 Å². The average molecular weight is 332 g/mol. The van der Waals surface area contributed by atoms with Crippen molar-refractivity contribution in [3.63, 3.8) is 0 Å². The van der Waals surface area contributed by atoms with Gasteiger partial charge in [-0.25, -0.2) is 0 Å². The summed E-state index contributed by atoms with van der Waals surface area (Å²) in [4.78, 5) is 0. The molecule has 1 unspecified atom stereocenters.